The lowest BCUT2D eigenvalue weighted by Gasteiger charge is -2.32. The zero-order chi connectivity index (χ0) is 94.2. The molecule has 128 heavy (non-hydrogen) atoms. The molecule has 3 aliphatic rings. The number of imidazole rings is 3. The number of methoxy groups -OCH3 is 4. The maximum atomic E-state index is 9.25. The van der Waals surface area contributed by atoms with E-state index in [0.29, 0.717) is 70.7 Å². The maximum absolute atomic E-state index is 9.25. The van der Waals surface area contributed by atoms with E-state index in [9.17, 15) is 10.2 Å². The number of anilines is 6. The number of aromatic nitrogens is 13. The molecular formula is C84H100B3Br8N17O14S2. The molecule has 0 spiro atoms. The van der Waals surface area contributed by atoms with E-state index in [2.05, 4.69) is 234 Å². The van der Waals surface area contributed by atoms with E-state index in [4.69, 9.17) is 67.9 Å². The van der Waals surface area contributed by atoms with Crippen molar-refractivity contribution < 1.29 is 66.6 Å². The Bertz CT molecular complexity index is 5730. The number of hydrogen-bond acceptors (Lipinski definition) is 30. The van der Waals surface area contributed by atoms with Crippen molar-refractivity contribution in [2.45, 2.75) is 150 Å². The predicted molar refractivity (Wildman–Crippen MR) is 537 cm³/mol. The van der Waals surface area contributed by atoms with E-state index in [1.165, 1.54) is 9.40 Å². The fourth-order valence-corrected chi connectivity index (χ4v) is 16.0. The van der Waals surface area contributed by atoms with Gasteiger partial charge in [0.05, 0.1) is 119 Å². The van der Waals surface area contributed by atoms with Crippen LogP contribution >= 0.6 is 150 Å². The van der Waals surface area contributed by atoms with E-state index >= 15 is 0 Å². The van der Waals surface area contributed by atoms with Crippen LogP contribution in [0.2, 0.25) is 0 Å². The number of hydrogen-bond donors (Lipinski definition) is 6. The number of aliphatic hydroxyl groups excluding tert-OH is 2. The molecule has 8 N–H and O–H groups in total. The van der Waals surface area contributed by atoms with Crippen molar-refractivity contribution in [1.82, 2.24) is 63.0 Å². The fourth-order valence-electron chi connectivity index (χ4n) is 11.4. The van der Waals surface area contributed by atoms with Crippen molar-refractivity contribution in [2.75, 3.05) is 62.5 Å². The molecule has 0 radical (unpaired) electrons. The van der Waals surface area contributed by atoms with Crippen LogP contribution in [0.4, 0.5) is 34.5 Å². The number of nitrogens with one attached hydrogen (secondary N) is 2. The molecule has 14 aromatic rings. The van der Waals surface area contributed by atoms with Crippen LogP contribution in [0.15, 0.2) is 196 Å². The summed E-state index contributed by atoms with van der Waals surface area (Å²) in [7, 11) is 5.06. The molecule has 44 heteroatoms. The number of rotatable bonds is 15. The van der Waals surface area contributed by atoms with Crippen LogP contribution in [-0.4, -0.2) is 181 Å². The molecule has 9 aromatic heterocycles. The number of benzene rings is 5. The number of nitrogen functional groups attached to an aromatic ring is 2. The topological polar surface area (TPSA) is 377 Å². The molecule has 0 bridgehead atoms. The second-order valence-corrected chi connectivity index (χ2v) is 38.6. The van der Waals surface area contributed by atoms with Gasteiger partial charge in [0.2, 0.25) is 0 Å². The van der Waals surface area contributed by atoms with Crippen LogP contribution < -0.4 is 46.5 Å². The number of aliphatic hydroxyl groups is 2. The van der Waals surface area contributed by atoms with E-state index < -0.39 is 14.0 Å². The molecule has 5 aromatic carbocycles. The monoisotopic (exact) mass is 2300 g/mol. The largest absolute Gasteiger partial charge is 0.496 e. The third-order valence-electron chi connectivity index (χ3n) is 20.2. The minimum absolute atomic E-state index is 0.0664. The van der Waals surface area contributed by atoms with E-state index in [1.807, 2.05) is 192 Å². The second kappa shape index (κ2) is 48.3. The molecular weight excluding hydrogens is 2210 g/mol. The van der Waals surface area contributed by atoms with Gasteiger partial charge in [-0.15, -0.1) is 22.7 Å². The van der Waals surface area contributed by atoms with Crippen LogP contribution in [0.3, 0.4) is 0 Å². The number of ether oxygens (including phenoxy) is 5. The summed E-state index contributed by atoms with van der Waals surface area (Å²) in [5, 5.41) is 25.9. The highest BCUT2D eigenvalue weighted by Gasteiger charge is 2.64. The highest BCUT2D eigenvalue weighted by molar-refractivity contribution is 9.11. The average Bonchev–Trinajstić information content (AvgIpc) is 1.60. The summed E-state index contributed by atoms with van der Waals surface area (Å²) in [6.07, 6.45) is 18.2. The van der Waals surface area contributed by atoms with Crippen LogP contribution in [-0.2, 0) is 50.7 Å². The molecule has 682 valence electrons. The SMILES string of the molecule is Brc1ccc2scnc2c1.Brc1cn2ccnc2c(Br)n1.C=O.CC1(C)OB(B2OC(C)(C)C(C)(C)O2)OC1(C)C.CC1(C)OB(c2ccc3scnc3c2)OC1(C)C.CCOC(C)CBr.COc1cc(Nc2nc(Br)cn3ccnc23)ccc1CO.COc1cc(Nc2nc(Br)cn3ccnc23)ccc1CO.COc1ccc(N)cc1OC.Nc1ncc(Br)nc1Br. The van der Waals surface area contributed by atoms with Gasteiger partial charge in [-0.3, -0.25) is 0 Å². The molecule has 0 amide bonds. The summed E-state index contributed by atoms with van der Waals surface area (Å²) >= 11 is 29.6. The van der Waals surface area contributed by atoms with Gasteiger partial charge in [-0.1, -0.05) is 50.1 Å². The Balaban J connectivity index is 0.000000181. The second-order valence-electron chi connectivity index (χ2n) is 30.6. The van der Waals surface area contributed by atoms with Gasteiger partial charge in [0.1, 0.15) is 41.3 Å². The Labute approximate surface area is 819 Å². The van der Waals surface area contributed by atoms with Gasteiger partial charge in [0, 0.05) is 119 Å². The van der Waals surface area contributed by atoms with E-state index in [1.54, 1.807) is 94.1 Å². The van der Waals surface area contributed by atoms with Crippen LogP contribution in [0.1, 0.15) is 108 Å². The Kier molecular flexibility index (Phi) is 40.0. The summed E-state index contributed by atoms with van der Waals surface area (Å²) in [4.78, 5) is 49.8. The average molecular weight is 2310 g/mol. The van der Waals surface area contributed by atoms with Gasteiger partial charge in [0.15, 0.2) is 50.5 Å². The third kappa shape index (κ3) is 28.8. The molecule has 0 aliphatic carbocycles. The predicted octanol–water partition coefficient (Wildman–Crippen LogP) is 20.1. The number of carbonyl (C=O) groups excluding carboxylic acids is 1. The Morgan fingerprint density at radius 2 is 0.898 bits per heavy atom. The molecule has 3 saturated heterocycles. The fraction of sp³-hybridized carbons (Fsp3) is 0.345. The number of nitrogens with two attached hydrogens (primary N) is 2. The zero-order valence-electron chi connectivity index (χ0n) is 73.5. The summed E-state index contributed by atoms with van der Waals surface area (Å²) in [6.45, 7) is 31.2. The Morgan fingerprint density at radius 1 is 0.484 bits per heavy atom. The molecule has 17 rings (SSSR count). The Morgan fingerprint density at radius 3 is 1.31 bits per heavy atom. The van der Waals surface area contributed by atoms with Crippen molar-refractivity contribution in [3.8, 4) is 23.0 Å². The van der Waals surface area contributed by atoms with Gasteiger partial charge in [-0.2, -0.15) is 0 Å². The summed E-state index contributed by atoms with van der Waals surface area (Å²) in [5.74, 6) is 4.27. The first kappa shape index (κ1) is 106. The van der Waals surface area contributed by atoms with Crippen LogP contribution in [0.5, 0.6) is 23.0 Å². The lowest BCUT2D eigenvalue weighted by molar-refractivity contribution is -0.0980. The van der Waals surface area contributed by atoms with Crippen LogP contribution in [0, 0.1) is 0 Å². The molecule has 0 saturated carbocycles. The highest BCUT2D eigenvalue weighted by Crippen LogP contribution is 2.44. The van der Waals surface area contributed by atoms with Gasteiger partial charge < -0.3 is 102 Å². The minimum Gasteiger partial charge on any atom is -0.496 e. The minimum atomic E-state index is -0.476. The molecule has 12 heterocycles. The first-order valence-corrected chi connectivity index (χ1v) is 47.5. The maximum Gasteiger partial charge on any atom is 0.494 e. The highest BCUT2D eigenvalue weighted by atomic mass is 79.9. The molecule has 1 unspecified atom stereocenters. The lowest BCUT2D eigenvalue weighted by Crippen LogP contribution is -2.41. The quantitative estimate of drug-likeness (QED) is 0.0315. The lowest BCUT2D eigenvalue weighted by atomic mass is 9.49. The van der Waals surface area contributed by atoms with Gasteiger partial charge in [-0.25, -0.2) is 49.8 Å². The number of halogens is 8. The van der Waals surface area contributed by atoms with Crippen molar-refractivity contribution in [3.05, 3.63) is 207 Å². The van der Waals surface area contributed by atoms with Crippen molar-refractivity contribution in [3.63, 3.8) is 0 Å². The number of nitrogens with zero attached hydrogens (tertiary/aromatic N) is 13. The molecule has 3 aliphatic heterocycles. The molecule has 31 nitrogen and oxygen atoms in total. The Hall–Kier alpha value is -7.44. The first-order chi connectivity index (χ1) is 60.6. The summed E-state index contributed by atoms with van der Waals surface area (Å²) < 4.78 is 74.9. The van der Waals surface area contributed by atoms with Crippen molar-refractivity contribution in [2.24, 2.45) is 0 Å². The number of thiazole rings is 2. The van der Waals surface area contributed by atoms with Gasteiger partial charge in [0.25, 0.3) is 0 Å². The van der Waals surface area contributed by atoms with Crippen molar-refractivity contribution in [1.29, 1.82) is 0 Å². The zero-order valence-corrected chi connectivity index (χ0v) is 87.9. The normalized spacial score (nSPS) is 15.1. The molecule has 3 fully saturated rings. The molecule has 1 atom stereocenters. The summed E-state index contributed by atoms with van der Waals surface area (Å²) in [5.41, 5.74) is 21.7. The van der Waals surface area contributed by atoms with E-state index in [0.717, 1.165) is 81.6 Å². The van der Waals surface area contributed by atoms with Crippen LogP contribution in [0.25, 0.3) is 37.4 Å². The third-order valence-corrected chi connectivity index (χ3v) is 25.8. The van der Waals surface area contributed by atoms with Gasteiger partial charge in [-0.05, 0) is 253 Å². The first-order valence-electron chi connectivity index (χ1n) is 39.1. The standard InChI is InChI=1S/2C14H13BrN4O2.C13H16BNO2S.C12H24B2O4.C8H11NO2.C7H4BrNS.C6H3Br2N3.C5H11BrO.C4H3Br2N3.CH2O/c2*1-21-11-6-10(3-2-9(11)8-20)17-13-14-16-4-5-19(14)7-12(15)18-13;1-12(2)13(3,4)17-14(16-12)9-5-6-11-10(7-9)15-8-18-11;1-9(2)10(3,4)16-13(15-9)14-17-11(5,6)12(7,8)18-14;1-10-7-4-3-6(9)5-8(7)11-2;8-5-1-2-7-6(3-5)9-4-10-7;7-4-3-11-2-1-9-6(11)5(8)10-4;1-3-7-5(2)4-6;5-2-1-8-4(7)3(6)9-2;1-2/h2*2-7,20H,8H2,1H3,(H,17,18);5-8H,1-4H3;1-8H3;3-5H,9H2,1-2H3;1-4H;1-3H;5H,3-4H2,1-2H3;1H,(H2,7,8);1H2. The smallest absolute Gasteiger partial charge is 0.494 e. The van der Waals surface area contributed by atoms with Gasteiger partial charge >= 0.3 is 21.1 Å². The van der Waals surface area contributed by atoms with Crippen molar-refractivity contribution >= 4 is 255 Å². The number of alkyl halides is 1. The summed E-state index contributed by atoms with van der Waals surface area (Å²) in [6, 6.07) is 28.5. The number of fused-ring (bicyclic) bond motifs is 5. The number of carbonyl (C=O) groups is 1. The van der Waals surface area contributed by atoms with E-state index in [-0.39, 0.29) is 53.9 Å².